The Balaban J connectivity index is 1.67. The first kappa shape index (κ1) is 16.8. The number of carbonyl (C=O) groups is 1. The van der Waals surface area contributed by atoms with Gasteiger partial charge in [0.1, 0.15) is 0 Å². The molecule has 3 aromatic rings. The van der Waals surface area contributed by atoms with Crippen molar-refractivity contribution in [1.82, 2.24) is 24.2 Å². The Kier molecular flexibility index (Phi) is 4.46. The summed E-state index contributed by atoms with van der Waals surface area (Å²) in [5.74, 6) is 0.183. The Morgan fingerprint density at radius 1 is 1.31 bits per heavy atom. The Bertz CT molecular complexity index is 929. The lowest BCUT2D eigenvalue weighted by Gasteiger charge is -2.23. The van der Waals surface area contributed by atoms with Crippen LogP contribution in [0.1, 0.15) is 23.1 Å². The van der Waals surface area contributed by atoms with E-state index < -0.39 is 0 Å². The molecule has 7 heteroatoms. The average Bonchev–Trinajstić information content (AvgIpc) is 3.18. The number of imidazole rings is 1. The Morgan fingerprint density at radius 2 is 2.15 bits per heavy atom. The van der Waals surface area contributed by atoms with Gasteiger partial charge in [-0.15, -0.1) is 0 Å². The molecule has 1 amide bonds. The highest BCUT2D eigenvalue weighted by molar-refractivity contribution is 6.04. The predicted molar refractivity (Wildman–Crippen MR) is 97.7 cm³/mol. The minimum Gasteiger partial charge on any atom is -0.381 e. The van der Waals surface area contributed by atoms with E-state index in [2.05, 4.69) is 14.6 Å². The van der Waals surface area contributed by atoms with Crippen LogP contribution in [0, 0.1) is 5.92 Å². The van der Waals surface area contributed by atoms with Gasteiger partial charge in [-0.3, -0.25) is 9.48 Å². The number of aromatic nitrogens is 4. The van der Waals surface area contributed by atoms with Crippen molar-refractivity contribution in [2.24, 2.45) is 13.0 Å². The van der Waals surface area contributed by atoms with Gasteiger partial charge in [0.25, 0.3) is 5.91 Å². The van der Waals surface area contributed by atoms with Gasteiger partial charge >= 0.3 is 0 Å². The standard InChI is InChI=1S/C19H23N5O2/c1-3-26-12-14-9-23(11-15-8-20-13-24(15)10-14)19(25)18-16-6-4-5-7-17(16)22(2)21-18/h4-8,13-14H,3,9-12H2,1-2H3. The molecule has 7 nitrogen and oxygen atoms in total. The fraction of sp³-hybridized carbons (Fsp3) is 0.421. The van der Waals surface area contributed by atoms with Gasteiger partial charge in [-0.05, 0) is 13.0 Å². The second-order valence-electron chi connectivity index (χ2n) is 6.74. The molecule has 1 atom stereocenters. The lowest BCUT2D eigenvalue weighted by molar-refractivity contribution is 0.0615. The number of hydrogen-bond donors (Lipinski definition) is 0. The van der Waals surface area contributed by atoms with Crippen LogP contribution in [0.2, 0.25) is 0 Å². The Hall–Kier alpha value is -2.67. The molecule has 136 valence electrons. The van der Waals surface area contributed by atoms with Gasteiger partial charge in [0.2, 0.25) is 0 Å². The highest BCUT2D eigenvalue weighted by atomic mass is 16.5. The van der Waals surface area contributed by atoms with E-state index in [-0.39, 0.29) is 11.8 Å². The molecule has 3 heterocycles. The van der Waals surface area contributed by atoms with Crippen molar-refractivity contribution in [3.05, 3.63) is 48.2 Å². The van der Waals surface area contributed by atoms with Crippen LogP contribution in [0.4, 0.5) is 0 Å². The molecule has 4 rings (SSSR count). The molecule has 26 heavy (non-hydrogen) atoms. The highest BCUT2D eigenvalue weighted by Gasteiger charge is 2.28. The molecule has 0 bridgehead atoms. The van der Waals surface area contributed by atoms with E-state index in [1.807, 2.05) is 55.7 Å². The zero-order valence-electron chi connectivity index (χ0n) is 15.1. The number of rotatable bonds is 4. The van der Waals surface area contributed by atoms with E-state index in [1.165, 1.54) is 0 Å². The molecule has 0 saturated heterocycles. The molecule has 0 aliphatic carbocycles. The number of fused-ring (bicyclic) bond motifs is 2. The van der Waals surface area contributed by atoms with Gasteiger partial charge in [-0.25, -0.2) is 4.98 Å². The predicted octanol–water partition coefficient (Wildman–Crippen LogP) is 2.08. The minimum absolute atomic E-state index is 0.0436. The van der Waals surface area contributed by atoms with Gasteiger partial charge in [0.05, 0.1) is 30.7 Å². The van der Waals surface area contributed by atoms with E-state index in [0.29, 0.717) is 32.0 Å². The van der Waals surface area contributed by atoms with Crippen molar-refractivity contribution < 1.29 is 9.53 Å². The summed E-state index contributed by atoms with van der Waals surface area (Å²) in [4.78, 5) is 19.4. The first-order valence-electron chi connectivity index (χ1n) is 8.95. The summed E-state index contributed by atoms with van der Waals surface area (Å²) in [6, 6.07) is 7.83. The summed E-state index contributed by atoms with van der Waals surface area (Å²) in [5.41, 5.74) is 2.50. The van der Waals surface area contributed by atoms with Crippen LogP contribution in [0.25, 0.3) is 10.9 Å². The van der Waals surface area contributed by atoms with Crippen LogP contribution in [-0.4, -0.2) is 49.9 Å². The number of nitrogens with zero attached hydrogens (tertiary/aromatic N) is 5. The van der Waals surface area contributed by atoms with Crippen molar-refractivity contribution in [2.75, 3.05) is 19.8 Å². The van der Waals surface area contributed by atoms with E-state index in [1.54, 1.807) is 4.68 Å². The number of carbonyl (C=O) groups excluding carboxylic acids is 1. The van der Waals surface area contributed by atoms with Crippen molar-refractivity contribution >= 4 is 16.8 Å². The molecule has 0 radical (unpaired) electrons. The summed E-state index contributed by atoms with van der Waals surface area (Å²) < 4.78 is 9.52. The van der Waals surface area contributed by atoms with Crippen LogP contribution in [0.15, 0.2) is 36.8 Å². The van der Waals surface area contributed by atoms with Crippen molar-refractivity contribution in [2.45, 2.75) is 20.0 Å². The third kappa shape index (κ3) is 2.99. The van der Waals surface area contributed by atoms with Crippen molar-refractivity contribution in [3.63, 3.8) is 0 Å². The van der Waals surface area contributed by atoms with Crippen LogP contribution >= 0.6 is 0 Å². The first-order chi connectivity index (χ1) is 12.7. The quantitative estimate of drug-likeness (QED) is 0.720. The third-order valence-electron chi connectivity index (χ3n) is 4.89. The number of ether oxygens (including phenoxy) is 1. The summed E-state index contributed by atoms with van der Waals surface area (Å²) in [6.45, 7) is 5.27. The highest BCUT2D eigenvalue weighted by Crippen LogP contribution is 2.23. The van der Waals surface area contributed by atoms with Crippen LogP contribution in [0.3, 0.4) is 0 Å². The summed E-state index contributed by atoms with van der Waals surface area (Å²) in [6.07, 6.45) is 3.66. The van der Waals surface area contributed by atoms with E-state index in [4.69, 9.17) is 4.74 Å². The summed E-state index contributed by atoms with van der Waals surface area (Å²) in [5, 5.41) is 5.39. The lowest BCUT2D eigenvalue weighted by Crippen LogP contribution is -2.35. The lowest BCUT2D eigenvalue weighted by atomic mass is 10.1. The number of para-hydroxylation sites is 1. The largest absolute Gasteiger partial charge is 0.381 e. The zero-order valence-corrected chi connectivity index (χ0v) is 15.1. The molecular formula is C19H23N5O2. The Labute approximate surface area is 152 Å². The van der Waals surface area contributed by atoms with Gasteiger partial charge < -0.3 is 14.2 Å². The van der Waals surface area contributed by atoms with Gasteiger partial charge in [-0.2, -0.15) is 5.10 Å². The fourth-order valence-electron chi connectivity index (χ4n) is 3.62. The maximum absolute atomic E-state index is 13.3. The first-order valence-corrected chi connectivity index (χ1v) is 8.95. The molecule has 0 fully saturated rings. The number of hydrogen-bond acceptors (Lipinski definition) is 4. The maximum Gasteiger partial charge on any atom is 0.275 e. The third-order valence-corrected chi connectivity index (χ3v) is 4.89. The van der Waals surface area contributed by atoms with Crippen LogP contribution in [-0.2, 0) is 24.9 Å². The second kappa shape index (κ2) is 6.92. The number of aryl methyl sites for hydroxylation is 1. The maximum atomic E-state index is 13.3. The fourth-order valence-corrected chi connectivity index (χ4v) is 3.62. The van der Waals surface area contributed by atoms with Gasteiger partial charge in [-0.1, -0.05) is 18.2 Å². The van der Waals surface area contributed by atoms with Crippen molar-refractivity contribution in [1.29, 1.82) is 0 Å². The van der Waals surface area contributed by atoms with Gasteiger partial charge in [0.15, 0.2) is 5.69 Å². The molecule has 0 spiro atoms. The topological polar surface area (TPSA) is 65.2 Å². The molecule has 1 aromatic carbocycles. The van der Waals surface area contributed by atoms with Crippen molar-refractivity contribution in [3.8, 4) is 0 Å². The average molecular weight is 353 g/mol. The Morgan fingerprint density at radius 3 is 3.00 bits per heavy atom. The SMILES string of the molecule is CCOCC1CN(C(=O)c2nn(C)c3ccccc23)Cc2cncn2C1. The molecule has 0 N–H and O–H groups in total. The molecule has 1 aliphatic heterocycles. The summed E-state index contributed by atoms with van der Waals surface area (Å²) in [7, 11) is 1.87. The normalized spacial score (nSPS) is 17.3. The van der Waals surface area contributed by atoms with Crippen LogP contribution in [0.5, 0.6) is 0 Å². The molecule has 2 aromatic heterocycles. The second-order valence-corrected chi connectivity index (χ2v) is 6.74. The van der Waals surface area contributed by atoms with E-state index in [9.17, 15) is 4.79 Å². The van der Waals surface area contributed by atoms with Gasteiger partial charge in [0, 0.05) is 44.2 Å². The molecular weight excluding hydrogens is 330 g/mol. The number of benzene rings is 1. The van der Waals surface area contributed by atoms with Crippen LogP contribution < -0.4 is 0 Å². The minimum atomic E-state index is -0.0436. The van der Waals surface area contributed by atoms with E-state index >= 15 is 0 Å². The molecule has 0 saturated carbocycles. The molecule has 1 aliphatic rings. The zero-order chi connectivity index (χ0) is 18.1. The number of amides is 1. The van der Waals surface area contributed by atoms with E-state index in [0.717, 1.165) is 23.1 Å². The monoisotopic (exact) mass is 353 g/mol. The smallest absolute Gasteiger partial charge is 0.275 e. The summed E-state index contributed by atoms with van der Waals surface area (Å²) >= 11 is 0. The molecule has 1 unspecified atom stereocenters.